The zero-order valence-corrected chi connectivity index (χ0v) is 16.1. The summed E-state index contributed by atoms with van der Waals surface area (Å²) in [4.78, 5) is 4.31. The molecule has 1 aromatic heterocycles. The van der Waals surface area contributed by atoms with Gasteiger partial charge in [0.15, 0.2) is 5.17 Å². The molecule has 0 radical (unpaired) electrons. The summed E-state index contributed by atoms with van der Waals surface area (Å²) in [5.41, 5.74) is 7.82. The lowest BCUT2D eigenvalue weighted by Crippen LogP contribution is -2.25. The van der Waals surface area contributed by atoms with Gasteiger partial charge in [0.1, 0.15) is 11.5 Å². The highest BCUT2D eigenvalue weighted by molar-refractivity contribution is 8.14. The van der Waals surface area contributed by atoms with Crippen molar-refractivity contribution in [3.8, 4) is 0 Å². The van der Waals surface area contributed by atoms with Gasteiger partial charge in [-0.1, -0.05) is 23.9 Å². The van der Waals surface area contributed by atoms with E-state index >= 15 is 0 Å². The van der Waals surface area contributed by atoms with Crippen molar-refractivity contribution in [3.05, 3.63) is 53.1 Å². The van der Waals surface area contributed by atoms with Gasteiger partial charge in [-0.15, -0.1) is 0 Å². The zero-order valence-electron chi connectivity index (χ0n) is 15.3. The quantitative estimate of drug-likeness (QED) is 0.778. The molecule has 0 saturated carbocycles. The Morgan fingerprint density at radius 1 is 1.35 bits per heavy atom. The molecule has 1 N–H and O–H groups in total. The van der Waals surface area contributed by atoms with E-state index in [-0.39, 0.29) is 5.82 Å². The molecule has 26 heavy (non-hydrogen) atoms. The molecule has 0 amide bonds. The van der Waals surface area contributed by atoms with E-state index < -0.39 is 0 Å². The van der Waals surface area contributed by atoms with Crippen molar-refractivity contribution in [1.29, 1.82) is 0 Å². The van der Waals surface area contributed by atoms with Crippen LogP contribution in [0.1, 0.15) is 23.4 Å². The predicted octanol–water partition coefficient (Wildman–Crippen LogP) is 4.01. The molecule has 2 aromatic rings. The summed E-state index contributed by atoms with van der Waals surface area (Å²) in [7, 11) is 1.72. The van der Waals surface area contributed by atoms with Gasteiger partial charge in [-0.3, -0.25) is 5.43 Å². The first-order valence-electron chi connectivity index (χ1n) is 8.54. The fourth-order valence-corrected chi connectivity index (χ4v) is 3.73. The van der Waals surface area contributed by atoms with E-state index in [4.69, 9.17) is 4.74 Å². The Morgan fingerprint density at radius 2 is 2.15 bits per heavy atom. The number of hydrazone groups is 1. The van der Waals surface area contributed by atoms with E-state index in [1.165, 1.54) is 29.2 Å². The molecule has 0 bridgehead atoms. The number of benzene rings is 1. The third kappa shape index (κ3) is 4.16. The maximum atomic E-state index is 13.7. The molecule has 0 atom stereocenters. The van der Waals surface area contributed by atoms with Crippen molar-refractivity contribution < 1.29 is 9.13 Å². The molecular formula is C19H23FN4OS. The summed E-state index contributed by atoms with van der Waals surface area (Å²) >= 11 is 1.53. The van der Waals surface area contributed by atoms with Crippen LogP contribution in [0.25, 0.3) is 0 Å². The Kier molecular flexibility index (Phi) is 6.11. The monoisotopic (exact) mass is 374 g/mol. The topological polar surface area (TPSA) is 50.9 Å². The molecule has 0 saturated heterocycles. The molecule has 0 spiro atoms. The van der Waals surface area contributed by atoms with E-state index in [1.807, 2.05) is 0 Å². The average molecular weight is 374 g/mol. The summed E-state index contributed by atoms with van der Waals surface area (Å²) in [5, 5.41) is 5.08. The predicted molar refractivity (Wildman–Crippen MR) is 106 cm³/mol. The number of amidine groups is 1. The van der Waals surface area contributed by atoms with Crippen molar-refractivity contribution in [1.82, 2.24) is 9.99 Å². The molecule has 7 heteroatoms. The summed E-state index contributed by atoms with van der Waals surface area (Å²) in [6.07, 6.45) is 0.977. The third-order valence-electron chi connectivity index (χ3n) is 4.32. The van der Waals surface area contributed by atoms with Crippen LogP contribution in [0.5, 0.6) is 0 Å². The first kappa shape index (κ1) is 18.7. The number of nitrogens with zero attached hydrogens (tertiary/aromatic N) is 3. The van der Waals surface area contributed by atoms with Crippen molar-refractivity contribution in [3.63, 3.8) is 0 Å². The van der Waals surface area contributed by atoms with Gasteiger partial charge in [-0.25, -0.2) is 9.38 Å². The fraction of sp³-hybridized carbons (Fsp3) is 0.368. The molecule has 3 rings (SSSR count). The smallest absolute Gasteiger partial charge is 0.182 e. The summed E-state index contributed by atoms with van der Waals surface area (Å²) in [6.45, 7) is 5.91. The Morgan fingerprint density at radius 3 is 2.85 bits per heavy atom. The van der Waals surface area contributed by atoms with Gasteiger partial charge in [0, 0.05) is 43.0 Å². The van der Waals surface area contributed by atoms with E-state index in [0.717, 1.165) is 30.8 Å². The number of halogens is 1. The summed E-state index contributed by atoms with van der Waals surface area (Å²) in [6, 6.07) is 8.64. The number of nitrogens with one attached hydrogen (secondary N) is 1. The van der Waals surface area contributed by atoms with Crippen LogP contribution < -0.4 is 5.43 Å². The standard InChI is InChI=1S/C19H23FN4OS/c1-13-11-15(14(2)24(13)9-6-10-25-3)18-12-26-19(23-22-18)21-17-8-5-4-7-16(17)20/h4-5,7-8,11H,6,9-10,12H2,1-3H3,(H,21,23). The Labute approximate surface area is 157 Å². The van der Waals surface area contributed by atoms with Crippen LogP contribution in [0.4, 0.5) is 10.1 Å². The van der Waals surface area contributed by atoms with Crippen molar-refractivity contribution >= 4 is 28.3 Å². The molecular weight excluding hydrogens is 351 g/mol. The fourth-order valence-electron chi connectivity index (χ4n) is 2.97. The van der Waals surface area contributed by atoms with E-state index in [0.29, 0.717) is 16.6 Å². The van der Waals surface area contributed by atoms with Gasteiger partial charge in [-0.05, 0) is 38.5 Å². The highest BCUT2D eigenvalue weighted by Crippen LogP contribution is 2.23. The van der Waals surface area contributed by atoms with Crippen LogP contribution in [-0.4, -0.2) is 34.9 Å². The number of aliphatic imine (C=N–C) groups is 1. The first-order chi connectivity index (χ1) is 12.6. The van der Waals surface area contributed by atoms with Crippen LogP contribution in [0.15, 0.2) is 40.4 Å². The number of ether oxygens (including phenoxy) is 1. The Balaban J connectivity index is 1.75. The molecule has 1 aromatic carbocycles. The van der Waals surface area contributed by atoms with Crippen molar-refractivity contribution in [2.24, 2.45) is 10.1 Å². The largest absolute Gasteiger partial charge is 0.385 e. The first-order valence-corrected chi connectivity index (χ1v) is 9.53. The van der Waals surface area contributed by atoms with Crippen molar-refractivity contribution in [2.45, 2.75) is 26.8 Å². The lowest BCUT2D eigenvalue weighted by Gasteiger charge is -2.15. The molecule has 0 unspecified atom stereocenters. The lowest BCUT2D eigenvalue weighted by molar-refractivity contribution is 0.190. The number of hydrogen-bond donors (Lipinski definition) is 1. The van der Waals surface area contributed by atoms with Crippen LogP contribution in [0, 0.1) is 19.7 Å². The molecule has 1 aliphatic heterocycles. The van der Waals surface area contributed by atoms with Crippen LogP contribution in [-0.2, 0) is 11.3 Å². The van der Waals surface area contributed by atoms with E-state index in [1.54, 1.807) is 25.3 Å². The van der Waals surface area contributed by atoms with Gasteiger partial charge in [0.2, 0.25) is 0 Å². The molecule has 5 nitrogen and oxygen atoms in total. The Hall–Kier alpha value is -2.12. The van der Waals surface area contributed by atoms with Crippen LogP contribution in [0.2, 0.25) is 0 Å². The Bertz CT molecular complexity index is 844. The van der Waals surface area contributed by atoms with Gasteiger partial charge in [-0.2, -0.15) is 5.10 Å². The van der Waals surface area contributed by atoms with Gasteiger partial charge >= 0.3 is 0 Å². The molecule has 2 heterocycles. The number of rotatable bonds is 6. The molecule has 0 fully saturated rings. The second-order valence-corrected chi connectivity index (χ2v) is 7.07. The normalized spacial score (nSPS) is 15.8. The zero-order chi connectivity index (χ0) is 18.5. The molecule has 138 valence electrons. The van der Waals surface area contributed by atoms with Crippen LogP contribution >= 0.6 is 11.8 Å². The minimum absolute atomic E-state index is 0.317. The summed E-state index contributed by atoms with van der Waals surface area (Å²) < 4.78 is 21.2. The number of para-hydroxylation sites is 1. The highest BCUT2D eigenvalue weighted by atomic mass is 32.2. The highest BCUT2D eigenvalue weighted by Gasteiger charge is 2.18. The maximum Gasteiger partial charge on any atom is 0.182 e. The average Bonchev–Trinajstić information content (AvgIpc) is 2.93. The second kappa shape index (κ2) is 8.51. The van der Waals surface area contributed by atoms with E-state index in [9.17, 15) is 4.39 Å². The second-order valence-electron chi connectivity index (χ2n) is 6.11. The number of aromatic nitrogens is 1. The van der Waals surface area contributed by atoms with Gasteiger partial charge in [0.25, 0.3) is 0 Å². The lowest BCUT2D eigenvalue weighted by atomic mass is 10.1. The van der Waals surface area contributed by atoms with Gasteiger partial charge in [0.05, 0.1) is 5.71 Å². The molecule has 1 aliphatic rings. The maximum absolute atomic E-state index is 13.7. The minimum atomic E-state index is -0.336. The van der Waals surface area contributed by atoms with E-state index in [2.05, 4.69) is 40.0 Å². The number of hydrogen-bond acceptors (Lipinski definition) is 4. The molecule has 0 aliphatic carbocycles. The summed E-state index contributed by atoms with van der Waals surface area (Å²) in [5.74, 6) is 0.361. The SMILES string of the molecule is COCCCn1c(C)cc(C2=NNC(=Nc3ccccc3F)SC2)c1C. The number of methoxy groups -OCH3 is 1. The van der Waals surface area contributed by atoms with Gasteiger partial charge < -0.3 is 9.30 Å². The van der Waals surface area contributed by atoms with Crippen molar-refractivity contribution in [2.75, 3.05) is 19.5 Å². The third-order valence-corrected chi connectivity index (χ3v) is 5.20. The van der Waals surface area contributed by atoms with Crippen LogP contribution in [0.3, 0.4) is 0 Å². The minimum Gasteiger partial charge on any atom is -0.385 e. The number of aryl methyl sites for hydroxylation is 1. The number of thioether (sulfide) groups is 1.